The standard InChI is InChI=1S/C11H13N5O2/c1-7-2-4-8(5-3-7)6-16(17)11(13)9-10(12)15-18-14-9/h2-5,13,17H,6H2,1H3,(H2,12,15). The molecule has 0 bridgehead atoms. The Hall–Kier alpha value is -2.41. The molecule has 7 heteroatoms. The molecule has 0 aliphatic heterocycles. The number of aromatic nitrogens is 2. The van der Waals surface area contributed by atoms with Crippen LogP contribution < -0.4 is 5.73 Å². The van der Waals surface area contributed by atoms with Crippen molar-refractivity contribution in [1.82, 2.24) is 15.4 Å². The van der Waals surface area contributed by atoms with Gasteiger partial charge in [0, 0.05) is 0 Å². The molecule has 94 valence electrons. The number of hydrogen-bond donors (Lipinski definition) is 3. The fourth-order valence-electron chi connectivity index (χ4n) is 1.43. The largest absolute Gasteiger partial charge is 0.379 e. The first-order chi connectivity index (χ1) is 8.58. The number of hydrogen-bond acceptors (Lipinski definition) is 6. The van der Waals surface area contributed by atoms with E-state index in [0.29, 0.717) is 0 Å². The van der Waals surface area contributed by atoms with Crippen molar-refractivity contribution in [3.8, 4) is 0 Å². The van der Waals surface area contributed by atoms with Gasteiger partial charge in [0.25, 0.3) is 0 Å². The van der Waals surface area contributed by atoms with E-state index >= 15 is 0 Å². The predicted octanol–water partition coefficient (Wildman–Crippen LogP) is 1.18. The van der Waals surface area contributed by atoms with Gasteiger partial charge in [0.15, 0.2) is 17.3 Å². The zero-order valence-corrected chi connectivity index (χ0v) is 9.79. The van der Waals surface area contributed by atoms with Crippen LogP contribution in [0.25, 0.3) is 0 Å². The molecule has 18 heavy (non-hydrogen) atoms. The Kier molecular flexibility index (Phi) is 3.24. The zero-order chi connectivity index (χ0) is 13.1. The molecule has 4 N–H and O–H groups in total. The van der Waals surface area contributed by atoms with Crippen molar-refractivity contribution in [2.45, 2.75) is 13.5 Å². The molecule has 7 nitrogen and oxygen atoms in total. The van der Waals surface area contributed by atoms with E-state index in [1.807, 2.05) is 31.2 Å². The minimum absolute atomic E-state index is 0.0182. The van der Waals surface area contributed by atoms with Gasteiger partial charge in [-0.15, -0.1) is 0 Å². The highest BCUT2D eigenvalue weighted by atomic mass is 16.6. The second-order valence-electron chi connectivity index (χ2n) is 3.89. The van der Waals surface area contributed by atoms with E-state index in [9.17, 15) is 5.21 Å². The van der Waals surface area contributed by atoms with E-state index in [1.165, 1.54) is 0 Å². The maximum absolute atomic E-state index is 9.78. The summed E-state index contributed by atoms with van der Waals surface area (Å²) in [5.41, 5.74) is 7.46. The lowest BCUT2D eigenvalue weighted by atomic mass is 10.1. The van der Waals surface area contributed by atoms with Crippen LogP contribution in [0.5, 0.6) is 0 Å². The van der Waals surface area contributed by atoms with Crippen molar-refractivity contribution in [3.63, 3.8) is 0 Å². The molecule has 0 fully saturated rings. The number of nitrogens with two attached hydrogens (primary N) is 1. The third kappa shape index (κ3) is 2.46. The maximum atomic E-state index is 9.78. The molecule has 0 saturated heterocycles. The SMILES string of the molecule is Cc1ccc(CN(O)C(=N)c2nonc2N)cc1. The normalized spacial score (nSPS) is 10.3. The number of aryl methyl sites for hydroxylation is 1. The topological polar surface area (TPSA) is 112 Å². The Morgan fingerprint density at radius 2 is 2.06 bits per heavy atom. The summed E-state index contributed by atoms with van der Waals surface area (Å²) in [5, 5.41) is 25.0. The van der Waals surface area contributed by atoms with Gasteiger partial charge >= 0.3 is 0 Å². The van der Waals surface area contributed by atoms with Crippen LogP contribution in [0.4, 0.5) is 5.82 Å². The minimum Gasteiger partial charge on any atom is -0.379 e. The van der Waals surface area contributed by atoms with Gasteiger partial charge in [0.05, 0.1) is 6.54 Å². The van der Waals surface area contributed by atoms with Crippen LogP contribution in [0.15, 0.2) is 28.9 Å². The lowest BCUT2D eigenvalue weighted by Gasteiger charge is -2.15. The molecule has 0 atom stereocenters. The van der Waals surface area contributed by atoms with Crippen LogP contribution in [0.1, 0.15) is 16.8 Å². The highest BCUT2D eigenvalue weighted by molar-refractivity contribution is 5.97. The quantitative estimate of drug-likeness (QED) is 0.426. The molecule has 0 aliphatic carbocycles. The van der Waals surface area contributed by atoms with Gasteiger partial charge < -0.3 is 5.73 Å². The van der Waals surface area contributed by atoms with Gasteiger partial charge in [-0.3, -0.25) is 10.6 Å². The predicted molar refractivity (Wildman–Crippen MR) is 64.0 cm³/mol. The molecule has 0 saturated carbocycles. The van der Waals surface area contributed by atoms with Gasteiger partial charge in [-0.25, -0.2) is 9.69 Å². The van der Waals surface area contributed by atoms with E-state index in [2.05, 4.69) is 14.9 Å². The molecular formula is C11H13N5O2. The van der Waals surface area contributed by atoms with Gasteiger partial charge in [-0.2, -0.15) is 0 Å². The monoisotopic (exact) mass is 247 g/mol. The molecule has 0 unspecified atom stereocenters. The van der Waals surface area contributed by atoms with Crippen molar-refractivity contribution in [2.24, 2.45) is 0 Å². The number of benzene rings is 1. The van der Waals surface area contributed by atoms with Crippen LogP contribution in [0.2, 0.25) is 0 Å². The number of amidine groups is 1. The second-order valence-corrected chi connectivity index (χ2v) is 3.89. The van der Waals surface area contributed by atoms with Crippen molar-refractivity contribution >= 4 is 11.7 Å². The molecule has 2 aromatic rings. The number of nitrogens with one attached hydrogen (secondary N) is 1. The first-order valence-corrected chi connectivity index (χ1v) is 5.27. The average Bonchev–Trinajstić information content (AvgIpc) is 2.77. The Morgan fingerprint density at radius 1 is 1.39 bits per heavy atom. The fraction of sp³-hybridized carbons (Fsp3) is 0.182. The van der Waals surface area contributed by atoms with Gasteiger partial charge in [-0.05, 0) is 22.8 Å². The molecule has 1 aromatic heterocycles. The van der Waals surface area contributed by atoms with Crippen LogP contribution >= 0.6 is 0 Å². The Balaban J connectivity index is 2.08. The van der Waals surface area contributed by atoms with Gasteiger partial charge in [0.1, 0.15) is 0 Å². The highest BCUT2D eigenvalue weighted by Crippen LogP contribution is 2.11. The number of anilines is 1. The maximum Gasteiger partial charge on any atom is 0.199 e. The second kappa shape index (κ2) is 4.84. The van der Waals surface area contributed by atoms with Gasteiger partial charge in [0.2, 0.25) is 0 Å². The summed E-state index contributed by atoms with van der Waals surface area (Å²) >= 11 is 0. The van der Waals surface area contributed by atoms with E-state index in [4.69, 9.17) is 11.1 Å². The smallest absolute Gasteiger partial charge is 0.199 e. The number of hydroxylamine groups is 2. The summed E-state index contributed by atoms with van der Waals surface area (Å²) in [5.74, 6) is -0.280. The minimum atomic E-state index is -0.255. The molecule has 0 aliphatic rings. The Morgan fingerprint density at radius 3 is 2.61 bits per heavy atom. The molecular weight excluding hydrogens is 234 g/mol. The van der Waals surface area contributed by atoms with Crippen molar-refractivity contribution < 1.29 is 9.84 Å². The Bertz CT molecular complexity index is 549. The van der Waals surface area contributed by atoms with Crippen molar-refractivity contribution in [2.75, 3.05) is 5.73 Å². The third-order valence-corrected chi connectivity index (χ3v) is 2.45. The Labute approximate surface area is 103 Å². The summed E-state index contributed by atoms with van der Waals surface area (Å²) in [6, 6.07) is 7.60. The molecule has 0 spiro atoms. The zero-order valence-electron chi connectivity index (χ0n) is 9.79. The van der Waals surface area contributed by atoms with E-state index in [-0.39, 0.29) is 23.9 Å². The summed E-state index contributed by atoms with van der Waals surface area (Å²) in [7, 11) is 0. The van der Waals surface area contributed by atoms with Crippen molar-refractivity contribution in [1.29, 1.82) is 5.41 Å². The fourth-order valence-corrected chi connectivity index (χ4v) is 1.43. The van der Waals surface area contributed by atoms with E-state index in [1.54, 1.807) is 0 Å². The van der Waals surface area contributed by atoms with Gasteiger partial charge in [-0.1, -0.05) is 29.8 Å². The first kappa shape index (κ1) is 12.1. The third-order valence-electron chi connectivity index (χ3n) is 2.45. The molecule has 0 radical (unpaired) electrons. The van der Waals surface area contributed by atoms with Crippen LogP contribution in [-0.2, 0) is 6.54 Å². The lowest BCUT2D eigenvalue weighted by Crippen LogP contribution is -2.28. The summed E-state index contributed by atoms with van der Waals surface area (Å²) in [4.78, 5) is 0. The van der Waals surface area contributed by atoms with E-state index in [0.717, 1.165) is 16.2 Å². The van der Waals surface area contributed by atoms with Crippen LogP contribution in [0, 0.1) is 12.3 Å². The highest BCUT2D eigenvalue weighted by Gasteiger charge is 2.17. The van der Waals surface area contributed by atoms with Crippen LogP contribution in [-0.4, -0.2) is 26.4 Å². The summed E-state index contributed by atoms with van der Waals surface area (Å²) in [6.45, 7) is 2.13. The number of nitrogen functional groups attached to an aromatic ring is 1. The lowest BCUT2D eigenvalue weighted by molar-refractivity contribution is -0.0233. The van der Waals surface area contributed by atoms with Crippen LogP contribution in [0.3, 0.4) is 0 Å². The first-order valence-electron chi connectivity index (χ1n) is 5.27. The number of nitrogens with zero attached hydrogens (tertiary/aromatic N) is 3. The van der Waals surface area contributed by atoms with Crippen molar-refractivity contribution in [3.05, 3.63) is 41.1 Å². The van der Waals surface area contributed by atoms with E-state index < -0.39 is 0 Å². The molecule has 1 aromatic carbocycles. The number of rotatable bonds is 3. The summed E-state index contributed by atoms with van der Waals surface area (Å²) in [6.07, 6.45) is 0. The molecule has 0 amide bonds. The molecule has 2 rings (SSSR count). The molecule has 1 heterocycles. The average molecular weight is 247 g/mol. The summed E-state index contributed by atoms with van der Waals surface area (Å²) < 4.78 is 4.38.